The average Bonchev–Trinajstić information content (AvgIpc) is 3.00. The van der Waals surface area contributed by atoms with Gasteiger partial charge in [-0.05, 0) is 31.2 Å². The summed E-state index contributed by atoms with van der Waals surface area (Å²) in [5, 5.41) is 3.27. The van der Waals surface area contributed by atoms with Gasteiger partial charge in [0.1, 0.15) is 11.3 Å². The van der Waals surface area contributed by atoms with E-state index in [9.17, 15) is 9.59 Å². The molecule has 1 amide bonds. The standard InChI is InChI=1S/C15H17N3O3/c1-10-9-18(7-6-16-10)15(20)11-4-5-12(17-14(11)19)13-3-2-8-21-13/h2-5,8,10,16H,6-7,9H2,1H3,(H,17,19). The summed E-state index contributed by atoms with van der Waals surface area (Å²) in [6, 6.07) is 6.99. The number of hydrogen-bond acceptors (Lipinski definition) is 4. The summed E-state index contributed by atoms with van der Waals surface area (Å²) in [6.45, 7) is 3.99. The number of furan rings is 1. The molecule has 0 radical (unpaired) electrons. The van der Waals surface area contributed by atoms with Crippen LogP contribution in [0.5, 0.6) is 0 Å². The number of H-pyrrole nitrogens is 1. The zero-order valence-electron chi connectivity index (χ0n) is 11.8. The van der Waals surface area contributed by atoms with Crippen molar-refractivity contribution < 1.29 is 9.21 Å². The van der Waals surface area contributed by atoms with E-state index in [4.69, 9.17) is 4.42 Å². The van der Waals surface area contributed by atoms with Crippen LogP contribution in [0.3, 0.4) is 0 Å². The maximum atomic E-state index is 12.4. The Kier molecular flexibility index (Phi) is 3.62. The largest absolute Gasteiger partial charge is 0.463 e. The maximum Gasteiger partial charge on any atom is 0.261 e. The first-order valence-corrected chi connectivity index (χ1v) is 6.95. The number of aromatic amines is 1. The van der Waals surface area contributed by atoms with E-state index in [2.05, 4.69) is 10.3 Å². The third-order valence-corrected chi connectivity index (χ3v) is 3.58. The second kappa shape index (κ2) is 5.57. The minimum Gasteiger partial charge on any atom is -0.463 e. The van der Waals surface area contributed by atoms with Crippen LogP contribution in [-0.2, 0) is 0 Å². The van der Waals surface area contributed by atoms with Crippen molar-refractivity contribution in [1.29, 1.82) is 0 Å². The molecule has 2 aromatic heterocycles. The average molecular weight is 287 g/mol. The molecular weight excluding hydrogens is 270 g/mol. The molecule has 1 aliphatic heterocycles. The first-order valence-electron chi connectivity index (χ1n) is 6.95. The summed E-state index contributed by atoms with van der Waals surface area (Å²) in [7, 11) is 0. The van der Waals surface area contributed by atoms with Gasteiger partial charge in [0.05, 0.1) is 12.0 Å². The number of aromatic nitrogens is 1. The summed E-state index contributed by atoms with van der Waals surface area (Å²) in [6.07, 6.45) is 1.54. The van der Waals surface area contributed by atoms with Gasteiger partial charge in [0.2, 0.25) is 0 Å². The third kappa shape index (κ3) is 2.75. The molecule has 1 atom stereocenters. The van der Waals surface area contributed by atoms with Gasteiger partial charge >= 0.3 is 0 Å². The van der Waals surface area contributed by atoms with E-state index in [-0.39, 0.29) is 23.1 Å². The second-order valence-electron chi connectivity index (χ2n) is 5.20. The zero-order chi connectivity index (χ0) is 14.8. The van der Waals surface area contributed by atoms with Crippen LogP contribution in [0.1, 0.15) is 17.3 Å². The Hall–Kier alpha value is -2.34. The van der Waals surface area contributed by atoms with Gasteiger partial charge < -0.3 is 19.6 Å². The quantitative estimate of drug-likeness (QED) is 0.866. The number of pyridine rings is 1. The van der Waals surface area contributed by atoms with Crippen LogP contribution in [0.4, 0.5) is 0 Å². The fraction of sp³-hybridized carbons (Fsp3) is 0.333. The van der Waals surface area contributed by atoms with Crippen LogP contribution in [-0.4, -0.2) is 41.5 Å². The molecule has 1 fully saturated rings. The monoisotopic (exact) mass is 287 g/mol. The Morgan fingerprint density at radius 3 is 2.90 bits per heavy atom. The molecule has 2 N–H and O–H groups in total. The molecule has 21 heavy (non-hydrogen) atoms. The van der Waals surface area contributed by atoms with Crippen LogP contribution in [0, 0.1) is 0 Å². The molecule has 6 heteroatoms. The fourth-order valence-corrected chi connectivity index (χ4v) is 2.50. The molecule has 2 aromatic rings. The molecule has 6 nitrogen and oxygen atoms in total. The number of carbonyl (C=O) groups excluding carboxylic acids is 1. The van der Waals surface area contributed by atoms with Crippen LogP contribution >= 0.6 is 0 Å². The molecular formula is C15H17N3O3. The Balaban J connectivity index is 1.86. The van der Waals surface area contributed by atoms with E-state index in [1.54, 1.807) is 29.2 Å². The first-order chi connectivity index (χ1) is 10.1. The topological polar surface area (TPSA) is 78.3 Å². The van der Waals surface area contributed by atoms with Crippen LogP contribution in [0.2, 0.25) is 0 Å². The van der Waals surface area contributed by atoms with Gasteiger partial charge in [-0.3, -0.25) is 9.59 Å². The van der Waals surface area contributed by atoms with Crippen molar-refractivity contribution in [2.45, 2.75) is 13.0 Å². The second-order valence-corrected chi connectivity index (χ2v) is 5.20. The van der Waals surface area contributed by atoms with E-state index in [1.165, 1.54) is 6.26 Å². The smallest absolute Gasteiger partial charge is 0.261 e. The molecule has 1 saturated heterocycles. The third-order valence-electron chi connectivity index (χ3n) is 3.58. The van der Waals surface area contributed by atoms with E-state index in [0.29, 0.717) is 24.5 Å². The number of rotatable bonds is 2. The number of carbonyl (C=O) groups is 1. The van der Waals surface area contributed by atoms with Gasteiger partial charge in [-0.25, -0.2) is 0 Å². The lowest BCUT2D eigenvalue weighted by Gasteiger charge is -2.31. The normalized spacial score (nSPS) is 18.7. The molecule has 110 valence electrons. The van der Waals surface area contributed by atoms with Crippen LogP contribution in [0.15, 0.2) is 39.7 Å². The highest BCUT2D eigenvalue weighted by molar-refractivity contribution is 5.94. The van der Waals surface area contributed by atoms with E-state index in [0.717, 1.165) is 6.54 Å². The minimum absolute atomic E-state index is 0.166. The Bertz CT molecular complexity index is 690. The lowest BCUT2D eigenvalue weighted by atomic mass is 10.1. The van der Waals surface area contributed by atoms with E-state index in [1.807, 2.05) is 6.92 Å². The maximum absolute atomic E-state index is 12.4. The van der Waals surface area contributed by atoms with E-state index >= 15 is 0 Å². The number of piperazine rings is 1. The minimum atomic E-state index is -0.389. The molecule has 3 heterocycles. The van der Waals surface area contributed by atoms with Crippen molar-refractivity contribution in [3.63, 3.8) is 0 Å². The first kappa shape index (κ1) is 13.6. The number of nitrogens with one attached hydrogen (secondary N) is 2. The van der Waals surface area contributed by atoms with Crippen LogP contribution < -0.4 is 10.9 Å². The van der Waals surface area contributed by atoms with E-state index < -0.39 is 0 Å². The van der Waals surface area contributed by atoms with Gasteiger partial charge in [-0.15, -0.1) is 0 Å². The van der Waals surface area contributed by atoms with Crippen molar-refractivity contribution >= 4 is 5.91 Å². The van der Waals surface area contributed by atoms with Crippen LogP contribution in [0.25, 0.3) is 11.5 Å². The van der Waals surface area contributed by atoms with Crippen molar-refractivity contribution in [3.8, 4) is 11.5 Å². The summed E-state index contributed by atoms with van der Waals surface area (Å²) < 4.78 is 5.23. The summed E-state index contributed by atoms with van der Waals surface area (Å²) >= 11 is 0. The molecule has 0 bridgehead atoms. The van der Waals surface area contributed by atoms with Crippen molar-refractivity contribution in [1.82, 2.24) is 15.2 Å². The summed E-state index contributed by atoms with van der Waals surface area (Å²) in [5.41, 5.74) is 0.342. The lowest BCUT2D eigenvalue weighted by molar-refractivity contribution is 0.0707. The highest BCUT2D eigenvalue weighted by Crippen LogP contribution is 2.16. The Morgan fingerprint density at radius 2 is 2.24 bits per heavy atom. The highest BCUT2D eigenvalue weighted by Gasteiger charge is 2.23. The molecule has 1 unspecified atom stereocenters. The highest BCUT2D eigenvalue weighted by atomic mass is 16.3. The van der Waals surface area contributed by atoms with Gasteiger partial charge in [0.25, 0.3) is 11.5 Å². The Morgan fingerprint density at radius 1 is 1.38 bits per heavy atom. The SMILES string of the molecule is CC1CN(C(=O)c2ccc(-c3ccco3)[nH]c2=O)CCN1. The summed E-state index contributed by atoms with van der Waals surface area (Å²) in [5.74, 6) is 0.345. The fourth-order valence-electron chi connectivity index (χ4n) is 2.50. The van der Waals surface area contributed by atoms with Crippen molar-refractivity contribution in [2.75, 3.05) is 19.6 Å². The lowest BCUT2D eigenvalue weighted by Crippen LogP contribution is -2.52. The van der Waals surface area contributed by atoms with Gasteiger partial charge in [0, 0.05) is 25.7 Å². The number of nitrogens with zero attached hydrogens (tertiary/aromatic N) is 1. The molecule has 0 aromatic carbocycles. The molecule has 0 saturated carbocycles. The predicted octanol–water partition coefficient (Wildman–Crippen LogP) is 1.07. The molecule has 1 aliphatic rings. The number of amides is 1. The van der Waals surface area contributed by atoms with Gasteiger partial charge in [-0.1, -0.05) is 0 Å². The number of hydrogen-bond donors (Lipinski definition) is 2. The Labute approximate surface area is 121 Å². The van der Waals surface area contributed by atoms with Crippen molar-refractivity contribution in [3.05, 3.63) is 46.4 Å². The summed E-state index contributed by atoms with van der Waals surface area (Å²) in [4.78, 5) is 29.0. The molecule has 0 aliphatic carbocycles. The van der Waals surface area contributed by atoms with Gasteiger partial charge in [-0.2, -0.15) is 0 Å². The molecule has 0 spiro atoms. The molecule has 3 rings (SSSR count). The van der Waals surface area contributed by atoms with Gasteiger partial charge in [0.15, 0.2) is 0 Å². The zero-order valence-corrected chi connectivity index (χ0v) is 11.8. The van der Waals surface area contributed by atoms with Crippen molar-refractivity contribution in [2.24, 2.45) is 0 Å². The predicted molar refractivity (Wildman–Crippen MR) is 78.1 cm³/mol.